The van der Waals surface area contributed by atoms with E-state index in [9.17, 15) is 4.21 Å². The molecule has 1 atom stereocenters. The fourth-order valence-corrected chi connectivity index (χ4v) is 1.96. The smallest absolute Gasteiger partial charge is 0.186 e. The summed E-state index contributed by atoms with van der Waals surface area (Å²) in [5.41, 5.74) is 0. The molecule has 0 fully saturated rings. The molecule has 0 saturated carbocycles. The summed E-state index contributed by atoms with van der Waals surface area (Å²) >= 11 is 4.00. The number of halogens is 1. The molecular weight excluding hydrogens is 220 g/mol. The topological polar surface area (TPSA) is 37.3 Å². The van der Waals surface area contributed by atoms with Crippen molar-refractivity contribution in [3.05, 3.63) is 41.4 Å². The summed E-state index contributed by atoms with van der Waals surface area (Å²) in [5.74, 6) is 0. The lowest BCUT2D eigenvalue weighted by molar-refractivity contribution is 0.564. The van der Waals surface area contributed by atoms with Crippen LogP contribution in [0.25, 0.3) is 10.8 Å². The molecule has 1 unspecified atom stereocenters. The number of benzene rings is 2. The lowest BCUT2D eigenvalue weighted by atomic mass is 10.1. The second-order valence-electron chi connectivity index (χ2n) is 2.87. The Morgan fingerprint density at radius 3 is 2.71 bits per heavy atom. The zero-order chi connectivity index (χ0) is 10.1. The summed E-state index contributed by atoms with van der Waals surface area (Å²) in [6, 6.07) is 10.5. The highest BCUT2D eigenvalue weighted by Gasteiger charge is 2.03. The maximum Gasteiger partial charge on any atom is 0.186 e. The van der Waals surface area contributed by atoms with Gasteiger partial charge in [-0.1, -0.05) is 29.8 Å². The van der Waals surface area contributed by atoms with Gasteiger partial charge in [-0.3, -0.25) is 0 Å². The highest BCUT2D eigenvalue weighted by Crippen LogP contribution is 2.24. The van der Waals surface area contributed by atoms with Crippen molar-refractivity contribution in [2.75, 3.05) is 0 Å². The fraction of sp³-hybridized carbons (Fsp3) is 0. The zero-order valence-electron chi connectivity index (χ0n) is 7.11. The van der Waals surface area contributed by atoms with Gasteiger partial charge in [-0.25, -0.2) is 4.21 Å². The predicted octanol–water partition coefficient (Wildman–Crippen LogP) is 3.07. The van der Waals surface area contributed by atoms with Crippen molar-refractivity contribution in [1.29, 1.82) is 0 Å². The van der Waals surface area contributed by atoms with E-state index in [0.29, 0.717) is 9.92 Å². The molecule has 0 saturated heterocycles. The first-order valence-electron chi connectivity index (χ1n) is 3.97. The van der Waals surface area contributed by atoms with Crippen molar-refractivity contribution in [3.63, 3.8) is 0 Å². The molecule has 0 bridgehead atoms. The van der Waals surface area contributed by atoms with E-state index in [4.69, 9.17) is 16.2 Å². The van der Waals surface area contributed by atoms with Crippen LogP contribution in [0.3, 0.4) is 0 Å². The highest BCUT2D eigenvalue weighted by molar-refractivity contribution is 7.79. The summed E-state index contributed by atoms with van der Waals surface area (Å²) < 4.78 is 19.7. The van der Waals surface area contributed by atoms with Crippen LogP contribution in [0, 0.1) is 0 Å². The second-order valence-corrected chi connectivity index (χ2v) is 4.25. The average molecular weight is 227 g/mol. The van der Waals surface area contributed by atoms with Gasteiger partial charge in [0.15, 0.2) is 11.1 Å². The third kappa shape index (κ3) is 1.66. The third-order valence-electron chi connectivity index (χ3n) is 2.00. The lowest BCUT2D eigenvalue weighted by Gasteiger charge is -2.01. The van der Waals surface area contributed by atoms with E-state index in [-0.39, 0.29) is 0 Å². The van der Waals surface area contributed by atoms with Gasteiger partial charge in [0.25, 0.3) is 0 Å². The van der Waals surface area contributed by atoms with Crippen LogP contribution in [0.15, 0.2) is 41.3 Å². The van der Waals surface area contributed by atoms with Crippen LogP contribution >= 0.6 is 11.6 Å². The molecule has 0 aliphatic carbocycles. The van der Waals surface area contributed by atoms with Crippen LogP contribution in [0.5, 0.6) is 0 Å². The van der Waals surface area contributed by atoms with Gasteiger partial charge in [-0.15, -0.1) is 0 Å². The van der Waals surface area contributed by atoms with Crippen LogP contribution in [0.4, 0.5) is 0 Å². The second kappa shape index (κ2) is 3.69. The predicted molar refractivity (Wildman–Crippen MR) is 58.0 cm³/mol. The monoisotopic (exact) mass is 226 g/mol. The molecule has 2 rings (SSSR count). The molecule has 0 aliphatic heterocycles. The third-order valence-corrected chi connectivity index (χ3v) is 2.99. The molecule has 2 aromatic rings. The molecule has 2 nitrogen and oxygen atoms in total. The van der Waals surface area contributed by atoms with Crippen molar-refractivity contribution in [2.24, 2.45) is 0 Å². The molecule has 0 amide bonds. The van der Waals surface area contributed by atoms with E-state index in [1.165, 1.54) is 0 Å². The molecule has 0 aromatic heterocycles. The van der Waals surface area contributed by atoms with Gasteiger partial charge in [0.05, 0.1) is 4.90 Å². The largest absolute Gasteiger partial charge is 0.302 e. The first kappa shape index (κ1) is 9.65. The van der Waals surface area contributed by atoms with Gasteiger partial charge in [0.1, 0.15) is 0 Å². The van der Waals surface area contributed by atoms with Crippen molar-refractivity contribution in [3.8, 4) is 0 Å². The van der Waals surface area contributed by atoms with E-state index in [2.05, 4.69) is 0 Å². The number of hydrogen-bond acceptors (Lipinski definition) is 1. The van der Waals surface area contributed by atoms with Crippen LogP contribution in [-0.2, 0) is 11.1 Å². The molecular formula is C10H7ClO2S. The van der Waals surface area contributed by atoms with E-state index in [1.807, 2.05) is 12.1 Å². The van der Waals surface area contributed by atoms with E-state index >= 15 is 0 Å². The standard InChI is InChI=1S/C10H7ClO2S/c11-10-3-1-2-7-4-5-8(14(12)13)6-9(7)10/h1-6H,(H,12,13). The SMILES string of the molecule is O=S(O)c1ccc2cccc(Cl)c2c1. The number of fused-ring (bicyclic) bond motifs is 1. The Bertz CT molecular complexity index is 510. The first-order chi connectivity index (χ1) is 6.68. The molecule has 0 radical (unpaired) electrons. The molecule has 0 aliphatic rings. The Hall–Kier alpha value is -0.900. The maximum atomic E-state index is 10.8. The Morgan fingerprint density at radius 2 is 2.00 bits per heavy atom. The van der Waals surface area contributed by atoms with Crippen molar-refractivity contribution < 1.29 is 8.76 Å². The minimum atomic E-state index is -1.95. The van der Waals surface area contributed by atoms with E-state index < -0.39 is 11.1 Å². The van der Waals surface area contributed by atoms with Crippen molar-refractivity contribution >= 4 is 33.5 Å². The minimum absolute atomic E-state index is 0.366. The summed E-state index contributed by atoms with van der Waals surface area (Å²) in [4.78, 5) is 0.366. The van der Waals surface area contributed by atoms with Crippen LogP contribution < -0.4 is 0 Å². The Kier molecular flexibility index (Phi) is 2.54. The molecule has 14 heavy (non-hydrogen) atoms. The van der Waals surface area contributed by atoms with Crippen molar-refractivity contribution in [2.45, 2.75) is 4.90 Å². The van der Waals surface area contributed by atoms with E-state index in [0.717, 1.165) is 10.8 Å². The maximum absolute atomic E-state index is 10.8. The normalized spacial score (nSPS) is 13.0. The van der Waals surface area contributed by atoms with Crippen LogP contribution in [-0.4, -0.2) is 8.76 Å². The number of rotatable bonds is 1. The summed E-state index contributed by atoms with van der Waals surface area (Å²) in [6.07, 6.45) is 0. The van der Waals surface area contributed by atoms with Gasteiger partial charge >= 0.3 is 0 Å². The molecule has 0 spiro atoms. The molecule has 4 heteroatoms. The fourth-order valence-electron chi connectivity index (χ4n) is 1.32. The van der Waals surface area contributed by atoms with Gasteiger partial charge in [-0.2, -0.15) is 0 Å². The Morgan fingerprint density at radius 1 is 1.21 bits per heavy atom. The quantitative estimate of drug-likeness (QED) is 0.759. The summed E-state index contributed by atoms with van der Waals surface area (Å²) in [6.45, 7) is 0. The minimum Gasteiger partial charge on any atom is -0.302 e. The van der Waals surface area contributed by atoms with Gasteiger partial charge in [-0.05, 0) is 23.6 Å². The summed E-state index contributed by atoms with van der Waals surface area (Å²) in [7, 11) is 0. The lowest BCUT2D eigenvalue weighted by Crippen LogP contribution is -1.87. The molecule has 0 heterocycles. The molecule has 2 aromatic carbocycles. The number of hydrogen-bond donors (Lipinski definition) is 1. The van der Waals surface area contributed by atoms with Crippen LogP contribution in [0.1, 0.15) is 0 Å². The van der Waals surface area contributed by atoms with E-state index in [1.54, 1.807) is 24.3 Å². The Labute approximate surface area is 88.8 Å². The Balaban J connectivity index is 2.76. The first-order valence-corrected chi connectivity index (χ1v) is 5.46. The highest BCUT2D eigenvalue weighted by atomic mass is 35.5. The average Bonchev–Trinajstić information content (AvgIpc) is 2.18. The van der Waals surface area contributed by atoms with Crippen molar-refractivity contribution in [1.82, 2.24) is 0 Å². The zero-order valence-corrected chi connectivity index (χ0v) is 8.68. The van der Waals surface area contributed by atoms with Crippen LogP contribution in [0.2, 0.25) is 5.02 Å². The molecule has 1 N–H and O–H groups in total. The summed E-state index contributed by atoms with van der Waals surface area (Å²) in [5, 5.41) is 2.36. The molecule has 72 valence electrons. The van der Waals surface area contributed by atoms with Gasteiger partial charge in [0, 0.05) is 10.4 Å². The van der Waals surface area contributed by atoms with Gasteiger partial charge in [0.2, 0.25) is 0 Å². The van der Waals surface area contributed by atoms with Gasteiger partial charge < -0.3 is 4.55 Å².